The molecule has 2 amide bonds. The number of pyridine rings is 1. The summed E-state index contributed by atoms with van der Waals surface area (Å²) in [5.41, 5.74) is 5.97. The minimum absolute atomic E-state index is 0.189. The molecule has 4 N–H and O–H groups in total. The fourth-order valence-corrected chi connectivity index (χ4v) is 1.13. The second-order valence-corrected chi connectivity index (χ2v) is 3.11. The number of carbonyl (C=O) groups is 2. The normalized spacial score (nSPS) is 9.56. The fraction of sp³-hybridized carbons (Fsp3) is 0.300. The maximum absolute atomic E-state index is 11.5. The highest BCUT2D eigenvalue weighted by Gasteiger charge is 2.08. The van der Waals surface area contributed by atoms with E-state index in [1.807, 2.05) is 6.92 Å². The van der Waals surface area contributed by atoms with Crippen LogP contribution in [0.25, 0.3) is 0 Å². The van der Waals surface area contributed by atoms with Gasteiger partial charge < -0.3 is 16.4 Å². The Morgan fingerprint density at radius 3 is 2.88 bits per heavy atom. The number of carbonyl (C=O) groups excluding carboxylic acids is 2. The van der Waals surface area contributed by atoms with Crippen molar-refractivity contribution in [2.45, 2.75) is 6.92 Å². The summed E-state index contributed by atoms with van der Waals surface area (Å²) in [4.78, 5) is 25.9. The molecule has 6 heteroatoms. The average Bonchev–Trinajstić information content (AvgIpc) is 2.26. The van der Waals surface area contributed by atoms with Crippen LogP contribution in [0.1, 0.15) is 17.4 Å². The maximum atomic E-state index is 11.5. The van der Waals surface area contributed by atoms with Gasteiger partial charge in [-0.15, -0.1) is 0 Å². The largest absolute Gasteiger partial charge is 0.385 e. The lowest BCUT2D eigenvalue weighted by molar-refractivity contribution is -0.117. The van der Waals surface area contributed by atoms with Crippen LogP contribution in [0.5, 0.6) is 0 Å². The first-order valence-corrected chi connectivity index (χ1v) is 4.90. The van der Waals surface area contributed by atoms with Crippen molar-refractivity contribution in [3.63, 3.8) is 0 Å². The van der Waals surface area contributed by atoms with Gasteiger partial charge >= 0.3 is 0 Å². The predicted octanol–water partition coefficient (Wildman–Crippen LogP) is -0.271. The Balaban J connectivity index is 2.67. The maximum Gasteiger partial charge on any atom is 0.270 e. The van der Waals surface area contributed by atoms with Crippen LogP contribution in [0, 0.1) is 0 Å². The number of amides is 2. The Morgan fingerprint density at radius 2 is 2.25 bits per heavy atom. The summed E-state index contributed by atoms with van der Waals surface area (Å²) in [5.74, 6) is -1.00. The molecule has 0 aliphatic heterocycles. The quantitative estimate of drug-likeness (QED) is 0.638. The second-order valence-electron chi connectivity index (χ2n) is 3.11. The van der Waals surface area contributed by atoms with E-state index in [-0.39, 0.29) is 12.2 Å². The van der Waals surface area contributed by atoms with Crippen molar-refractivity contribution in [2.24, 2.45) is 5.73 Å². The Labute approximate surface area is 93.2 Å². The van der Waals surface area contributed by atoms with Gasteiger partial charge in [0.15, 0.2) is 0 Å². The Morgan fingerprint density at radius 1 is 1.50 bits per heavy atom. The van der Waals surface area contributed by atoms with Gasteiger partial charge in [-0.3, -0.25) is 14.6 Å². The number of nitrogens with zero attached hydrogens (tertiary/aromatic N) is 1. The van der Waals surface area contributed by atoms with Gasteiger partial charge in [0, 0.05) is 18.4 Å². The molecule has 16 heavy (non-hydrogen) atoms. The third-order valence-electron chi connectivity index (χ3n) is 1.80. The zero-order valence-corrected chi connectivity index (χ0v) is 8.99. The number of anilines is 1. The smallest absolute Gasteiger partial charge is 0.270 e. The molecular formula is C10H14N4O2. The van der Waals surface area contributed by atoms with Gasteiger partial charge in [0.2, 0.25) is 5.91 Å². The number of nitrogens with two attached hydrogens (primary N) is 1. The third-order valence-corrected chi connectivity index (χ3v) is 1.80. The van der Waals surface area contributed by atoms with Gasteiger partial charge in [0.25, 0.3) is 5.91 Å². The Hall–Kier alpha value is -2.11. The van der Waals surface area contributed by atoms with E-state index in [9.17, 15) is 9.59 Å². The van der Waals surface area contributed by atoms with Crippen LogP contribution in [0.2, 0.25) is 0 Å². The van der Waals surface area contributed by atoms with Crippen LogP contribution in [-0.2, 0) is 4.79 Å². The van der Waals surface area contributed by atoms with Crippen LogP contribution in [0.3, 0.4) is 0 Å². The number of hydrogen-bond acceptors (Lipinski definition) is 4. The first-order chi connectivity index (χ1) is 7.63. The van der Waals surface area contributed by atoms with Crippen molar-refractivity contribution in [1.82, 2.24) is 10.3 Å². The lowest BCUT2D eigenvalue weighted by Crippen LogP contribution is -2.33. The van der Waals surface area contributed by atoms with Gasteiger partial charge in [0.1, 0.15) is 5.69 Å². The standard InChI is InChI=1S/C10H14N4O2/c1-2-12-7-3-4-13-8(5-7)10(16)14-6-9(11)15/h3-5H,2,6H2,1H3,(H2,11,15)(H,12,13)(H,14,16). The Kier molecular flexibility index (Phi) is 4.26. The number of aromatic nitrogens is 1. The predicted molar refractivity (Wildman–Crippen MR) is 59.9 cm³/mol. The number of rotatable bonds is 5. The summed E-state index contributed by atoms with van der Waals surface area (Å²) in [7, 11) is 0. The minimum Gasteiger partial charge on any atom is -0.385 e. The molecule has 1 heterocycles. The zero-order chi connectivity index (χ0) is 12.0. The molecule has 1 aromatic rings. The number of nitrogens with one attached hydrogen (secondary N) is 2. The molecular weight excluding hydrogens is 208 g/mol. The van der Waals surface area contributed by atoms with Crippen molar-refractivity contribution >= 4 is 17.5 Å². The zero-order valence-electron chi connectivity index (χ0n) is 8.99. The lowest BCUT2D eigenvalue weighted by Gasteiger charge is -2.05. The summed E-state index contributed by atoms with van der Waals surface area (Å²) in [6, 6.07) is 3.37. The number of hydrogen-bond donors (Lipinski definition) is 3. The molecule has 0 atom stereocenters. The minimum atomic E-state index is -0.587. The first-order valence-electron chi connectivity index (χ1n) is 4.90. The highest BCUT2D eigenvalue weighted by molar-refractivity contribution is 5.95. The van der Waals surface area contributed by atoms with Crippen LogP contribution in [0.4, 0.5) is 5.69 Å². The van der Waals surface area contributed by atoms with E-state index >= 15 is 0 Å². The van der Waals surface area contributed by atoms with E-state index in [1.165, 1.54) is 6.20 Å². The SMILES string of the molecule is CCNc1ccnc(C(=O)NCC(N)=O)c1. The van der Waals surface area contributed by atoms with E-state index in [2.05, 4.69) is 15.6 Å². The van der Waals surface area contributed by atoms with Crippen LogP contribution < -0.4 is 16.4 Å². The summed E-state index contributed by atoms with van der Waals surface area (Å²) in [6.07, 6.45) is 1.52. The summed E-state index contributed by atoms with van der Waals surface area (Å²) < 4.78 is 0. The molecule has 1 rings (SSSR count). The van der Waals surface area contributed by atoms with Gasteiger partial charge in [-0.25, -0.2) is 0 Å². The van der Waals surface area contributed by atoms with Gasteiger partial charge in [-0.05, 0) is 19.1 Å². The average molecular weight is 222 g/mol. The van der Waals surface area contributed by atoms with Crippen LogP contribution in [-0.4, -0.2) is 29.9 Å². The summed E-state index contributed by atoms with van der Waals surface area (Å²) >= 11 is 0. The van der Waals surface area contributed by atoms with Crippen LogP contribution in [0.15, 0.2) is 18.3 Å². The molecule has 0 saturated heterocycles. The van der Waals surface area contributed by atoms with Crippen molar-refractivity contribution in [3.05, 3.63) is 24.0 Å². The van der Waals surface area contributed by atoms with Crippen molar-refractivity contribution in [1.29, 1.82) is 0 Å². The van der Waals surface area contributed by atoms with Gasteiger partial charge in [-0.2, -0.15) is 0 Å². The topological polar surface area (TPSA) is 97.1 Å². The highest BCUT2D eigenvalue weighted by atomic mass is 16.2. The van der Waals surface area contributed by atoms with Crippen molar-refractivity contribution in [3.8, 4) is 0 Å². The highest BCUT2D eigenvalue weighted by Crippen LogP contribution is 2.07. The monoisotopic (exact) mass is 222 g/mol. The summed E-state index contributed by atoms with van der Waals surface area (Å²) in [5, 5.41) is 5.42. The van der Waals surface area contributed by atoms with Gasteiger partial charge in [0.05, 0.1) is 6.54 Å². The molecule has 0 radical (unpaired) electrons. The van der Waals surface area contributed by atoms with E-state index in [1.54, 1.807) is 12.1 Å². The summed E-state index contributed by atoms with van der Waals surface area (Å²) in [6.45, 7) is 2.52. The molecule has 86 valence electrons. The number of primary amides is 1. The lowest BCUT2D eigenvalue weighted by atomic mass is 10.3. The van der Waals surface area contributed by atoms with Gasteiger partial charge in [-0.1, -0.05) is 0 Å². The molecule has 0 aliphatic rings. The fourth-order valence-electron chi connectivity index (χ4n) is 1.13. The first kappa shape index (κ1) is 12.0. The van der Waals surface area contributed by atoms with Crippen LogP contribution >= 0.6 is 0 Å². The van der Waals surface area contributed by atoms with Crippen molar-refractivity contribution in [2.75, 3.05) is 18.4 Å². The van der Waals surface area contributed by atoms with E-state index in [0.717, 1.165) is 12.2 Å². The third kappa shape index (κ3) is 3.56. The molecule has 0 unspecified atom stereocenters. The molecule has 0 spiro atoms. The Bertz CT molecular complexity index is 392. The molecule has 0 aromatic carbocycles. The van der Waals surface area contributed by atoms with E-state index < -0.39 is 11.8 Å². The molecule has 0 bridgehead atoms. The molecule has 1 aromatic heterocycles. The molecule has 0 aliphatic carbocycles. The van der Waals surface area contributed by atoms with E-state index in [0.29, 0.717) is 0 Å². The van der Waals surface area contributed by atoms with E-state index in [4.69, 9.17) is 5.73 Å². The molecule has 0 saturated carbocycles. The van der Waals surface area contributed by atoms with Crippen molar-refractivity contribution < 1.29 is 9.59 Å². The molecule has 0 fully saturated rings. The molecule has 6 nitrogen and oxygen atoms in total. The second kappa shape index (κ2) is 5.69.